The lowest BCUT2D eigenvalue weighted by molar-refractivity contribution is 0.692. The first-order valence-corrected chi connectivity index (χ1v) is 4.59. The van der Waals surface area contributed by atoms with Crippen LogP contribution >= 0.6 is 11.3 Å². The van der Waals surface area contributed by atoms with Crippen molar-refractivity contribution in [1.29, 1.82) is 0 Å². The second kappa shape index (κ2) is 2.98. The molecule has 0 aromatic carbocycles. The van der Waals surface area contributed by atoms with Gasteiger partial charge in [-0.25, -0.2) is 0 Å². The second-order valence-electron chi connectivity index (χ2n) is 2.57. The van der Waals surface area contributed by atoms with E-state index in [0.717, 1.165) is 6.54 Å². The third-order valence-corrected chi connectivity index (χ3v) is 2.32. The van der Waals surface area contributed by atoms with Gasteiger partial charge in [-0.3, -0.25) is 4.68 Å². The topological polar surface area (TPSA) is 43.8 Å². The third kappa shape index (κ3) is 1.48. The van der Waals surface area contributed by atoms with Gasteiger partial charge in [-0.1, -0.05) is 0 Å². The van der Waals surface area contributed by atoms with Crippen LogP contribution in [0.2, 0.25) is 0 Å². The summed E-state index contributed by atoms with van der Waals surface area (Å²) in [6.45, 7) is 0.806. The van der Waals surface area contributed by atoms with Crippen molar-refractivity contribution < 1.29 is 0 Å². The lowest BCUT2D eigenvalue weighted by atomic mass is 10.3. The molecule has 0 atom stereocenters. The molecule has 0 spiro atoms. The molecular formula is C8H9N3S. The predicted molar refractivity (Wildman–Crippen MR) is 50.1 cm³/mol. The van der Waals surface area contributed by atoms with E-state index in [1.165, 1.54) is 5.56 Å². The Bertz CT molecular complexity index is 350. The number of aromatic nitrogens is 2. The largest absolute Gasteiger partial charge is 0.382 e. The van der Waals surface area contributed by atoms with E-state index in [2.05, 4.69) is 21.9 Å². The minimum Gasteiger partial charge on any atom is -0.382 e. The fourth-order valence-corrected chi connectivity index (χ4v) is 1.69. The van der Waals surface area contributed by atoms with E-state index in [-0.39, 0.29) is 0 Å². The lowest BCUT2D eigenvalue weighted by Gasteiger charge is -1.96. The Balaban J connectivity index is 2.14. The van der Waals surface area contributed by atoms with Crippen molar-refractivity contribution in [2.24, 2.45) is 0 Å². The number of nitrogens with zero attached hydrogens (tertiary/aromatic N) is 2. The molecule has 0 aliphatic rings. The summed E-state index contributed by atoms with van der Waals surface area (Å²) in [7, 11) is 0. The molecule has 4 heteroatoms. The zero-order valence-corrected chi connectivity index (χ0v) is 7.29. The van der Waals surface area contributed by atoms with Crippen molar-refractivity contribution in [3.05, 3.63) is 34.7 Å². The normalized spacial score (nSPS) is 10.3. The fourth-order valence-electron chi connectivity index (χ4n) is 1.04. The Labute approximate surface area is 74.4 Å². The minimum absolute atomic E-state index is 0.574. The maximum absolute atomic E-state index is 5.48. The van der Waals surface area contributed by atoms with Gasteiger partial charge >= 0.3 is 0 Å². The van der Waals surface area contributed by atoms with Gasteiger partial charge in [0.25, 0.3) is 0 Å². The highest BCUT2D eigenvalue weighted by atomic mass is 32.1. The molecule has 0 bridgehead atoms. The number of thiophene rings is 1. The summed E-state index contributed by atoms with van der Waals surface area (Å²) in [5.74, 6) is 0.574. The van der Waals surface area contributed by atoms with Crippen LogP contribution in [0.5, 0.6) is 0 Å². The Kier molecular flexibility index (Phi) is 1.83. The molecule has 2 aromatic heterocycles. The number of nitrogens with two attached hydrogens (primary N) is 1. The summed E-state index contributed by atoms with van der Waals surface area (Å²) >= 11 is 1.69. The molecule has 0 amide bonds. The first-order valence-electron chi connectivity index (χ1n) is 3.64. The van der Waals surface area contributed by atoms with Crippen LogP contribution in [0.4, 0.5) is 5.82 Å². The number of nitrogen functional groups attached to an aromatic ring is 1. The zero-order chi connectivity index (χ0) is 8.39. The summed E-state index contributed by atoms with van der Waals surface area (Å²) in [5, 5.41) is 8.25. The van der Waals surface area contributed by atoms with Crippen LogP contribution < -0.4 is 5.73 Å². The molecule has 0 saturated carbocycles. The highest BCUT2D eigenvalue weighted by molar-refractivity contribution is 7.07. The van der Waals surface area contributed by atoms with Gasteiger partial charge < -0.3 is 5.73 Å². The molecule has 0 aliphatic heterocycles. The van der Waals surface area contributed by atoms with Crippen LogP contribution in [-0.4, -0.2) is 9.78 Å². The second-order valence-corrected chi connectivity index (χ2v) is 3.35. The van der Waals surface area contributed by atoms with E-state index in [9.17, 15) is 0 Å². The number of anilines is 1. The Morgan fingerprint density at radius 2 is 2.42 bits per heavy atom. The molecule has 2 N–H and O–H groups in total. The zero-order valence-electron chi connectivity index (χ0n) is 6.47. The van der Waals surface area contributed by atoms with Gasteiger partial charge in [-0.05, 0) is 28.5 Å². The molecule has 12 heavy (non-hydrogen) atoms. The van der Waals surface area contributed by atoms with Gasteiger partial charge in [0.2, 0.25) is 0 Å². The average molecular weight is 179 g/mol. The third-order valence-electron chi connectivity index (χ3n) is 1.59. The molecule has 2 aromatic rings. The summed E-state index contributed by atoms with van der Waals surface area (Å²) in [4.78, 5) is 0. The van der Waals surface area contributed by atoms with Crippen molar-refractivity contribution in [1.82, 2.24) is 9.78 Å². The van der Waals surface area contributed by atoms with Crippen molar-refractivity contribution in [2.75, 3.05) is 5.73 Å². The van der Waals surface area contributed by atoms with Crippen LogP contribution in [0.25, 0.3) is 0 Å². The monoisotopic (exact) mass is 179 g/mol. The van der Waals surface area contributed by atoms with Crippen molar-refractivity contribution in [3.63, 3.8) is 0 Å². The Hall–Kier alpha value is -1.29. The molecule has 0 aliphatic carbocycles. The fraction of sp³-hybridized carbons (Fsp3) is 0.125. The van der Waals surface area contributed by atoms with E-state index in [1.54, 1.807) is 17.4 Å². The molecule has 0 saturated heterocycles. The maximum Gasteiger partial charge on any atom is 0.145 e. The van der Waals surface area contributed by atoms with E-state index >= 15 is 0 Å². The Morgan fingerprint density at radius 1 is 1.50 bits per heavy atom. The molecule has 2 heterocycles. The van der Waals surface area contributed by atoms with Crippen LogP contribution in [0.15, 0.2) is 29.1 Å². The summed E-state index contributed by atoms with van der Waals surface area (Å²) in [6, 6.07) is 3.88. The molecule has 0 radical (unpaired) electrons. The highest BCUT2D eigenvalue weighted by Gasteiger charge is 1.96. The van der Waals surface area contributed by atoms with E-state index in [1.807, 2.05) is 10.9 Å². The van der Waals surface area contributed by atoms with E-state index in [0.29, 0.717) is 5.82 Å². The van der Waals surface area contributed by atoms with E-state index in [4.69, 9.17) is 5.73 Å². The number of hydrogen-bond donors (Lipinski definition) is 1. The molecular weight excluding hydrogens is 170 g/mol. The first-order chi connectivity index (χ1) is 5.84. The molecule has 3 nitrogen and oxygen atoms in total. The van der Waals surface area contributed by atoms with Gasteiger partial charge in [0.1, 0.15) is 5.82 Å². The van der Waals surface area contributed by atoms with Crippen LogP contribution in [0.1, 0.15) is 5.56 Å². The van der Waals surface area contributed by atoms with Gasteiger partial charge in [-0.2, -0.15) is 16.4 Å². The highest BCUT2D eigenvalue weighted by Crippen LogP contribution is 2.08. The predicted octanol–water partition coefficient (Wildman–Crippen LogP) is 1.58. The standard InChI is InChI=1S/C8H9N3S/c9-8-1-3-11(10-8)5-7-2-4-12-6-7/h1-4,6H,5H2,(H2,9,10). The Morgan fingerprint density at radius 3 is 3.00 bits per heavy atom. The van der Waals surface area contributed by atoms with Crippen LogP contribution in [-0.2, 0) is 6.54 Å². The van der Waals surface area contributed by atoms with Gasteiger partial charge in [0.15, 0.2) is 0 Å². The van der Waals surface area contributed by atoms with Crippen LogP contribution in [0.3, 0.4) is 0 Å². The van der Waals surface area contributed by atoms with Gasteiger partial charge in [0.05, 0.1) is 6.54 Å². The molecule has 0 unspecified atom stereocenters. The summed E-state index contributed by atoms with van der Waals surface area (Å²) in [5.41, 5.74) is 6.74. The molecule has 2 rings (SSSR count). The quantitative estimate of drug-likeness (QED) is 0.760. The summed E-state index contributed by atoms with van der Waals surface area (Å²) < 4.78 is 1.83. The summed E-state index contributed by atoms with van der Waals surface area (Å²) in [6.07, 6.45) is 1.88. The van der Waals surface area contributed by atoms with Crippen molar-refractivity contribution in [2.45, 2.75) is 6.54 Å². The van der Waals surface area contributed by atoms with Gasteiger partial charge in [-0.15, -0.1) is 0 Å². The maximum atomic E-state index is 5.48. The minimum atomic E-state index is 0.574. The SMILES string of the molecule is Nc1ccn(Cc2ccsc2)n1. The first kappa shape index (κ1) is 7.36. The number of rotatable bonds is 2. The van der Waals surface area contributed by atoms with Crippen molar-refractivity contribution >= 4 is 17.2 Å². The molecule has 62 valence electrons. The average Bonchev–Trinajstić information content (AvgIpc) is 2.63. The van der Waals surface area contributed by atoms with Crippen LogP contribution in [0, 0.1) is 0 Å². The molecule has 0 fully saturated rings. The van der Waals surface area contributed by atoms with Crippen molar-refractivity contribution in [3.8, 4) is 0 Å². The smallest absolute Gasteiger partial charge is 0.145 e. The van der Waals surface area contributed by atoms with Gasteiger partial charge in [0, 0.05) is 6.20 Å². The van der Waals surface area contributed by atoms with E-state index < -0.39 is 0 Å². The number of hydrogen-bond acceptors (Lipinski definition) is 3. The lowest BCUT2D eigenvalue weighted by Crippen LogP contribution is -1.99.